The molecule has 0 saturated carbocycles. The maximum absolute atomic E-state index is 10.9. The van der Waals surface area contributed by atoms with Crippen LogP contribution in [0.3, 0.4) is 0 Å². The highest BCUT2D eigenvalue weighted by Gasteiger charge is 2.10. The molecule has 2 N–H and O–H groups in total. The quantitative estimate of drug-likeness (QED) is 0.717. The minimum atomic E-state index is -0.510. The van der Waals surface area contributed by atoms with Crippen molar-refractivity contribution in [3.63, 3.8) is 0 Å². The number of alkyl carbamates (subject to hydrolysis) is 2. The molecule has 0 rings (SSSR count). The Bertz CT molecular complexity index is 208. The highest BCUT2D eigenvalue weighted by molar-refractivity contribution is 5.68. The molecule has 0 fully saturated rings. The second-order valence-corrected chi connectivity index (χ2v) is 2.88. The molecule has 0 aliphatic heterocycles. The fourth-order valence-electron chi connectivity index (χ4n) is 0.791. The molecule has 0 heterocycles. The van der Waals surface area contributed by atoms with E-state index in [1.165, 1.54) is 0 Å². The van der Waals surface area contributed by atoms with Crippen molar-refractivity contribution in [3.05, 3.63) is 0 Å². The standard InChI is InChI=1S/C9H18N2O4/c1-4-10-8(12)14-6-7(3)15-9(13)11-5-2/h7H,4-6H2,1-3H3,(H,10,12)(H,11,13). The molecule has 88 valence electrons. The molecule has 1 atom stereocenters. The van der Waals surface area contributed by atoms with Crippen molar-refractivity contribution in [3.8, 4) is 0 Å². The van der Waals surface area contributed by atoms with Crippen LogP contribution in [0.25, 0.3) is 0 Å². The van der Waals surface area contributed by atoms with E-state index in [4.69, 9.17) is 9.47 Å². The highest BCUT2D eigenvalue weighted by Crippen LogP contribution is 1.93. The lowest BCUT2D eigenvalue weighted by molar-refractivity contribution is 0.0535. The van der Waals surface area contributed by atoms with Crippen LogP contribution >= 0.6 is 0 Å². The molecular formula is C9H18N2O4. The van der Waals surface area contributed by atoms with Gasteiger partial charge in [0.15, 0.2) is 0 Å². The van der Waals surface area contributed by atoms with Crippen LogP contribution in [0.2, 0.25) is 0 Å². The number of hydrogen-bond acceptors (Lipinski definition) is 4. The van der Waals surface area contributed by atoms with Gasteiger partial charge < -0.3 is 20.1 Å². The van der Waals surface area contributed by atoms with Crippen LogP contribution in [0.15, 0.2) is 0 Å². The molecule has 2 amide bonds. The van der Waals surface area contributed by atoms with Gasteiger partial charge in [0, 0.05) is 13.1 Å². The van der Waals surface area contributed by atoms with E-state index in [1.807, 2.05) is 0 Å². The molecule has 0 aromatic rings. The van der Waals surface area contributed by atoms with E-state index in [-0.39, 0.29) is 6.61 Å². The van der Waals surface area contributed by atoms with Crippen molar-refractivity contribution >= 4 is 12.2 Å². The van der Waals surface area contributed by atoms with Gasteiger partial charge in [-0.25, -0.2) is 9.59 Å². The first-order chi connectivity index (χ1) is 7.10. The molecule has 0 bridgehead atoms. The summed E-state index contributed by atoms with van der Waals surface area (Å²) in [6, 6.07) is 0. The van der Waals surface area contributed by atoms with Crippen molar-refractivity contribution in [2.45, 2.75) is 26.9 Å². The van der Waals surface area contributed by atoms with Gasteiger partial charge in [-0.1, -0.05) is 0 Å². The Labute approximate surface area is 89.3 Å². The monoisotopic (exact) mass is 218 g/mol. The second-order valence-electron chi connectivity index (χ2n) is 2.88. The van der Waals surface area contributed by atoms with Crippen LogP contribution in [0.5, 0.6) is 0 Å². The number of carbonyl (C=O) groups is 2. The summed E-state index contributed by atoms with van der Waals surface area (Å²) in [5.41, 5.74) is 0. The van der Waals surface area contributed by atoms with Crippen LogP contribution in [0, 0.1) is 0 Å². The summed E-state index contributed by atoms with van der Waals surface area (Å²) in [5, 5.41) is 4.93. The molecule has 0 aromatic carbocycles. The Balaban J connectivity index is 3.60. The molecule has 15 heavy (non-hydrogen) atoms. The minimum Gasteiger partial charge on any atom is -0.446 e. The van der Waals surface area contributed by atoms with Crippen molar-refractivity contribution < 1.29 is 19.1 Å². The maximum Gasteiger partial charge on any atom is 0.407 e. The van der Waals surface area contributed by atoms with Crippen LogP contribution in [-0.2, 0) is 9.47 Å². The third-order valence-corrected chi connectivity index (χ3v) is 1.40. The Hall–Kier alpha value is -1.46. The lowest BCUT2D eigenvalue weighted by Crippen LogP contribution is -2.32. The highest BCUT2D eigenvalue weighted by atomic mass is 16.6. The summed E-state index contributed by atoms with van der Waals surface area (Å²) >= 11 is 0. The van der Waals surface area contributed by atoms with E-state index in [2.05, 4.69) is 10.6 Å². The smallest absolute Gasteiger partial charge is 0.407 e. The van der Waals surface area contributed by atoms with Gasteiger partial charge in [-0.2, -0.15) is 0 Å². The molecule has 6 nitrogen and oxygen atoms in total. The molecule has 0 radical (unpaired) electrons. The van der Waals surface area contributed by atoms with E-state index in [0.29, 0.717) is 13.1 Å². The summed E-state index contributed by atoms with van der Waals surface area (Å²) in [6.07, 6.45) is -1.48. The predicted octanol–water partition coefficient (Wildman–Crippen LogP) is 0.867. The van der Waals surface area contributed by atoms with Gasteiger partial charge in [-0.15, -0.1) is 0 Å². The third kappa shape index (κ3) is 7.60. The zero-order chi connectivity index (χ0) is 11.7. The molecule has 0 saturated heterocycles. The zero-order valence-corrected chi connectivity index (χ0v) is 9.33. The number of carbonyl (C=O) groups excluding carboxylic acids is 2. The average molecular weight is 218 g/mol. The number of nitrogens with one attached hydrogen (secondary N) is 2. The molecule has 6 heteroatoms. The van der Waals surface area contributed by atoms with Gasteiger partial charge in [0.2, 0.25) is 0 Å². The third-order valence-electron chi connectivity index (χ3n) is 1.40. The van der Waals surface area contributed by atoms with Crippen LogP contribution in [0.1, 0.15) is 20.8 Å². The Kier molecular flexibility index (Phi) is 7.13. The van der Waals surface area contributed by atoms with E-state index < -0.39 is 18.3 Å². The summed E-state index contributed by atoms with van der Waals surface area (Å²) in [7, 11) is 0. The van der Waals surface area contributed by atoms with E-state index in [0.717, 1.165) is 0 Å². The number of amides is 2. The van der Waals surface area contributed by atoms with Crippen molar-refractivity contribution in [2.24, 2.45) is 0 Å². The van der Waals surface area contributed by atoms with Crippen molar-refractivity contribution in [1.82, 2.24) is 10.6 Å². The van der Waals surface area contributed by atoms with Gasteiger partial charge in [0.05, 0.1) is 0 Å². The van der Waals surface area contributed by atoms with Crippen LogP contribution < -0.4 is 10.6 Å². The first-order valence-electron chi connectivity index (χ1n) is 4.95. The van der Waals surface area contributed by atoms with Gasteiger partial charge in [0.25, 0.3) is 0 Å². The Morgan fingerprint density at radius 3 is 2.20 bits per heavy atom. The fourth-order valence-corrected chi connectivity index (χ4v) is 0.791. The molecular weight excluding hydrogens is 200 g/mol. The number of hydrogen-bond donors (Lipinski definition) is 2. The first kappa shape index (κ1) is 13.5. The predicted molar refractivity (Wildman–Crippen MR) is 54.6 cm³/mol. The maximum atomic E-state index is 10.9. The summed E-state index contributed by atoms with van der Waals surface area (Å²) in [6.45, 7) is 6.28. The molecule has 0 aliphatic carbocycles. The SMILES string of the molecule is CCNC(=O)OCC(C)OC(=O)NCC. The van der Waals surface area contributed by atoms with E-state index >= 15 is 0 Å². The number of ether oxygens (including phenoxy) is 2. The van der Waals surface area contributed by atoms with Gasteiger partial charge in [0.1, 0.15) is 12.7 Å². The molecule has 0 spiro atoms. The average Bonchev–Trinajstić information content (AvgIpc) is 2.15. The Morgan fingerprint density at radius 1 is 1.13 bits per heavy atom. The second kappa shape index (κ2) is 7.90. The number of rotatable bonds is 5. The lowest BCUT2D eigenvalue weighted by Gasteiger charge is -2.13. The van der Waals surface area contributed by atoms with Gasteiger partial charge >= 0.3 is 12.2 Å². The lowest BCUT2D eigenvalue weighted by atomic mass is 10.4. The van der Waals surface area contributed by atoms with Crippen molar-refractivity contribution in [2.75, 3.05) is 19.7 Å². The Morgan fingerprint density at radius 2 is 1.67 bits per heavy atom. The van der Waals surface area contributed by atoms with Crippen LogP contribution in [0.4, 0.5) is 9.59 Å². The summed E-state index contributed by atoms with van der Waals surface area (Å²) in [5.74, 6) is 0. The zero-order valence-electron chi connectivity index (χ0n) is 9.33. The molecule has 0 aromatic heterocycles. The van der Waals surface area contributed by atoms with Gasteiger partial charge in [-0.3, -0.25) is 0 Å². The molecule has 0 aliphatic rings. The molecule has 1 unspecified atom stereocenters. The van der Waals surface area contributed by atoms with E-state index in [9.17, 15) is 9.59 Å². The van der Waals surface area contributed by atoms with Crippen LogP contribution in [-0.4, -0.2) is 38.0 Å². The van der Waals surface area contributed by atoms with Crippen molar-refractivity contribution in [1.29, 1.82) is 0 Å². The normalized spacial score (nSPS) is 11.4. The first-order valence-corrected chi connectivity index (χ1v) is 4.95. The summed E-state index contributed by atoms with van der Waals surface area (Å²) < 4.78 is 9.63. The largest absolute Gasteiger partial charge is 0.446 e. The summed E-state index contributed by atoms with van der Waals surface area (Å²) in [4.78, 5) is 21.8. The fraction of sp³-hybridized carbons (Fsp3) is 0.778. The minimum absolute atomic E-state index is 0.0446. The van der Waals surface area contributed by atoms with E-state index in [1.54, 1.807) is 20.8 Å². The van der Waals surface area contributed by atoms with Gasteiger partial charge in [-0.05, 0) is 20.8 Å². The topological polar surface area (TPSA) is 76.7 Å².